The van der Waals surface area contributed by atoms with Gasteiger partial charge < -0.3 is 8.98 Å². The Balaban J connectivity index is 1.05. The SMILES string of the molecule is CC1(C)c2ccccc2-c2ccc(-c3nc(-c4ccccc4)nc(-c4ccc5c(c4)oc4cc(-n6c7ccccc7c7ccccc76)ccc45)n3)cc21. The molecule has 1 aliphatic rings. The number of hydrogen-bond acceptors (Lipinski definition) is 4. The highest BCUT2D eigenvalue weighted by atomic mass is 16.3. The number of para-hydroxylation sites is 2. The van der Waals surface area contributed by atoms with Crippen LogP contribution in [0.25, 0.3) is 94.7 Å². The molecular weight excluding hydrogens is 649 g/mol. The molecule has 5 nitrogen and oxygen atoms in total. The summed E-state index contributed by atoms with van der Waals surface area (Å²) in [6.45, 7) is 4.59. The Morgan fingerprint density at radius 3 is 1.72 bits per heavy atom. The normalized spacial score (nSPS) is 13.2. The van der Waals surface area contributed by atoms with Crippen molar-refractivity contribution in [3.63, 3.8) is 0 Å². The Bertz CT molecular complexity index is 3040. The third kappa shape index (κ3) is 4.47. The zero-order valence-electron chi connectivity index (χ0n) is 29.2. The van der Waals surface area contributed by atoms with Crippen LogP contribution >= 0.6 is 0 Å². The molecule has 0 saturated heterocycles. The van der Waals surface area contributed by atoms with Gasteiger partial charge in [0.25, 0.3) is 0 Å². The average Bonchev–Trinajstić information content (AvgIpc) is 3.82. The summed E-state index contributed by atoms with van der Waals surface area (Å²) in [7, 11) is 0. The van der Waals surface area contributed by atoms with Crippen LogP contribution in [0.4, 0.5) is 0 Å². The Kier molecular flexibility index (Phi) is 6.23. The van der Waals surface area contributed by atoms with E-state index in [4.69, 9.17) is 19.4 Å². The van der Waals surface area contributed by atoms with E-state index in [0.717, 1.165) is 44.3 Å². The van der Waals surface area contributed by atoms with Gasteiger partial charge in [-0.15, -0.1) is 0 Å². The van der Waals surface area contributed by atoms with E-state index in [1.165, 1.54) is 44.1 Å². The van der Waals surface area contributed by atoms with E-state index < -0.39 is 0 Å². The first kappa shape index (κ1) is 29.8. The van der Waals surface area contributed by atoms with Crippen LogP contribution in [0.2, 0.25) is 0 Å². The lowest BCUT2D eigenvalue weighted by atomic mass is 9.82. The summed E-state index contributed by atoms with van der Waals surface area (Å²) < 4.78 is 8.95. The fraction of sp³-hybridized carbons (Fsp3) is 0.0625. The molecule has 250 valence electrons. The monoisotopic (exact) mass is 680 g/mol. The molecule has 11 rings (SSSR count). The molecule has 10 aromatic rings. The van der Waals surface area contributed by atoms with Crippen LogP contribution in [-0.4, -0.2) is 19.5 Å². The Morgan fingerprint density at radius 2 is 0.981 bits per heavy atom. The van der Waals surface area contributed by atoms with Crippen molar-refractivity contribution < 1.29 is 4.42 Å². The van der Waals surface area contributed by atoms with E-state index >= 15 is 0 Å². The van der Waals surface area contributed by atoms with Crippen LogP contribution in [0.3, 0.4) is 0 Å². The summed E-state index contributed by atoms with van der Waals surface area (Å²) in [5, 5.41) is 4.59. The zero-order chi connectivity index (χ0) is 35.3. The standard InChI is InChI=1S/C48H32N4O/c1-48(2)39-17-9-6-14-33(39)34-23-20-30(26-40(34)48)46-49-45(29-12-4-3-5-13-29)50-47(51-46)31-21-24-37-38-25-22-32(28-44(38)53-43(37)27-31)52-41-18-10-7-15-35(41)36-16-8-11-19-42(36)52/h3-28H,1-2H3. The molecule has 0 bridgehead atoms. The molecule has 5 heteroatoms. The van der Waals surface area contributed by atoms with Gasteiger partial charge in [-0.25, -0.2) is 15.0 Å². The molecule has 3 aromatic heterocycles. The number of nitrogens with zero attached hydrogens (tertiary/aromatic N) is 4. The minimum absolute atomic E-state index is 0.131. The first-order chi connectivity index (χ1) is 26.0. The quantitative estimate of drug-likeness (QED) is 0.186. The number of benzene rings is 7. The second kappa shape index (κ2) is 11.1. The second-order valence-electron chi connectivity index (χ2n) is 14.5. The largest absolute Gasteiger partial charge is 0.456 e. The molecule has 1 aliphatic carbocycles. The predicted molar refractivity (Wildman–Crippen MR) is 215 cm³/mol. The lowest BCUT2D eigenvalue weighted by Gasteiger charge is -2.21. The molecule has 7 aromatic carbocycles. The Hall–Kier alpha value is -6.85. The van der Waals surface area contributed by atoms with Crippen molar-refractivity contribution in [3.05, 3.63) is 169 Å². The van der Waals surface area contributed by atoms with E-state index in [-0.39, 0.29) is 5.41 Å². The predicted octanol–water partition coefficient (Wildman–Crippen LogP) is 12.2. The number of rotatable bonds is 4. The molecule has 0 spiro atoms. The van der Waals surface area contributed by atoms with E-state index in [0.29, 0.717) is 17.5 Å². The fourth-order valence-electron chi connectivity index (χ4n) is 8.44. The Labute approximate surface area is 305 Å². The van der Waals surface area contributed by atoms with E-state index in [2.05, 4.69) is 146 Å². The van der Waals surface area contributed by atoms with Gasteiger partial charge in [0, 0.05) is 55.4 Å². The van der Waals surface area contributed by atoms with Gasteiger partial charge in [0.05, 0.1) is 11.0 Å². The topological polar surface area (TPSA) is 56.7 Å². The maximum absolute atomic E-state index is 6.63. The first-order valence-corrected chi connectivity index (χ1v) is 18.0. The molecule has 3 heterocycles. The highest BCUT2D eigenvalue weighted by molar-refractivity contribution is 6.10. The first-order valence-electron chi connectivity index (χ1n) is 18.0. The third-order valence-electron chi connectivity index (χ3n) is 11.1. The van der Waals surface area contributed by atoms with Crippen molar-refractivity contribution in [2.75, 3.05) is 0 Å². The lowest BCUT2D eigenvalue weighted by molar-refractivity contribution is 0.660. The van der Waals surface area contributed by atoms with E-state index in [9.17, 15) is 0 Å². The maximum atomic E-state index is 6.63. The fourth-order valence-corrected chi connectivity index (χ4v) is 8.44. The minimum atomic E-state index is -0.131. The third-order valence-corrected chi connectivity index (χ3v) is 11.1. The molecule has 0 saturated carbocycles. The summed E-state index contributed by atoms with van der Waals surface area (Å²) in [6, 6.07) is 55.4. The molecule has 0 N–H and O–H groups in total. The van der Waals surface area contributed by atoms with E-state index in [1.807, 2.05) is 30.3 Å². The summed E-state index contributed by atoms with van der Waals surface area (Å²) in [5.41, 5.74) is 12.8. The number of fused-ring (bicyclic) bond motifs is 9. The molecule has 0 unspecified atom stereocenters. The number of furan rings is 1. The Morgan fingerprint density at radius 1 is 0.434 bits per heavy atom. The summed E-state index contributed by atoms with van der Waals surface area (Å²) in [6.07, 6.45) is 0. The van der Waals surface area contributed by atoms with Crippen LogP contribution in [0.15, 0.2) is 162 Å². The van der Waals surface area contributed by atoms with Gasteiger partial charge in [-0.3, -0.25) is 0 Å². The van der Waals surface area contributed by atoms with Gasteiger partial charge in [0.2, 0.25) is 0 Å². The van der Waals surface area contributed by atoms with Crippen LogP contribution in [0.5, 0.6) is 0 Å². The van der Waals surface area contributed by atoms with Crippen LogP contribution in [-0.2, 0) is 5.41 Å². The van der Waals surface area contributed by atoms with Crippen molar-refractivity contribution in [1.82, 2.24) is 19.5 Å². The van der Waals surface area contributed by atoms with Crippen molar-refractivity contribution in [2.24, 2.45) is 0 Å². The highest BCUT2D eigenvalue weighted by Gasteiger charge is 2.35. The van der Waals surface area contributed by atoms with Crippen LogP contribution in [0, 0.1) is 0 Å². The smallest absolute Gasteiger partial charge is 0.164 e. The average molecular weight is 681 g/mol. The number of hydrogen-bond donors (Lipinski definition) is 0. The molecular formula is C48H32N4O. The van der Waals surface area contributed by atoms with Gasteiger partial charge in [0.1, 0.15) is 11.2 Å². The van der Waals surface area contributed by atoms with Crippen molar-refractivity contribution >= 4 is 43.7 Å². The molecule has 0 radical (unpaired) electrons. The van der Waals surface area contributed by atoms with Crippen molar-refractivity contribution in [1.29, 1.82) is 0 Å². The molecule has 0 atom stereocenters. The zero-order valence-corrected chi connectivity index (χ0v) is 29.2. The molecule has 0 aliphatic heterocycles. The van der Waals surface area contributed by atoms with Crippen LogP contribution < -0.4 is 0 Å². The molecule has 0 amide bonds. The number of aromatic nitrogens is 4. The highest BCUT2D eigenvalue weighted by Crippen LogP contribution is 2.49. The summed E-state index contributed by atoms with van der Waals surface area (Å²) in [5.74, 6) is 1.88. The maximum Gasteiger partial charge on any atom is 0.164 e. The van der Waals surface area contributed by atoms with Crippen molar-refractivity contribution in [2.45, 2.75) is 19.3 Å². The minimum Gasteiger partial charge on any atom is -0.456 e. The molecule has 0 fully saturated rings. The van der Waals surface area contributed by atoms with Gasteiger partial charge in [-0.1, -0.05) is 123 Å². The van der Waals surface area contributed by atoms with Gasteiger partial charge in [-0.2, -0.15) is 0 Å². The molecule has 53 heavy (non-hydrogen) atoms. The van der Waals surface area contributed by atoms with Crippen molar-refractivity contribution in [3.8, 4) is 51.0 Å². The van der Waals surface area contributed by atoms with E-state index in [1.54, 1.807) is 0 Å². The lowest BCUT2D eigenvalue weighted by Crippen LogP contribution is -2.15. The van der Waals surface area contributed by atoms with Gasteiger partial charge in [0.15, 0.2) is 17.5 Å². The summed E-state index contributed by atoms with van der Waals surface area (Å²) >= 11 is 0. The summed E-state index contributed by atoms with van der Waals surface area (Å²) in [4.78, 5) is 15.2. The van der Waals surface area contributed by atoms with Crippen LogP contribution in [0.1, 0.15) is 25.0 Å². The van der Waals surface area contributed by atoms with Gasteiger partial charge >= 0.3 is 0 Å². The van der Waals surface area contributed by atoms with Gasteiger partial charge in [-0.05, 0) is 64.7 Å². The second-order valence-corrected chi connectivity index (χ2v) is 14.5.